The molecule has 0 amide bonds. The van der Waals surface area contributed by atoms with Gasteiger partial charge in [0.2, 0.25) is 0 Å². The molecule has 3 nitrogen and oxygen atoms in total. The number of thiophene rings is 1. The van der Waals surface area contributed by atoms with E-state index in [2.05, 4.69) is 62.4 Å². The van der Waals surface area contributed by atoms with Gasteiger partial charge in [0, 0.05) is 11.4 Å². The van der Waals surface area contributed by atoms with Crippen LogP contribution in [0.15, 0.2) is 28.2 Å². The Labute approximate surface area is 127 Å². The van der Waals surface area contributed by atoms with Gasteiger partial charge in [-0.2, -0.15) is 5.10 Å². The van der Waals surface area contributed by atoms with Gasteiger partial charge in [-0.25, -0.2) is 0 Å². The van der Waals surface area contributed by atoms with Crippen molar-refractivity contribution >= 4 is 27.3 Å². The van der Waals surface area contributed by atoms with E-state index in [0.717, 1.165) is 30.4 Å². The van der Waals surface area contributed by atoms with Crippen molar-refractivity contribution in [3.63, 3.8) is 0 Å². The van der Waals surface area contributed by atoms with Crippen molar-refractivity contribution in [3.8, 4) is 0 Å². The molecule has 0 saturated carbocycles. The molecule has 0 aliphatic rings. The summed E-state index contributed by atoms with van der Waals surface area (Å²) in [7, 11) is 0. The molecule has 2 rings (SSSR count). The molecular weight excluding hydrogens is 322 g/mol. The topological polar surface area (TPSA) is 29.9 Å². The number of aryl methyl sites for hydroxylation is 1. The molecule has 1 atom stereocenters. The van der Waals surface area contributed by atoms with Crippen LogP contribution in [0, 0.1) is 0 Å². The van der Waals surface area contributed by atoms with Crippen molar-refractivity contribution in [2.75, 3.05) is 6.54 Å². The third kappa shape index (κ3) is 3.46. The van der Waals surface area contributed by atoms with Crippen LogP contribution in [0.5, 0.6) is 0 Å². The average molecular weight is 342 g/mol. The maximum atomic E-state index is 4.48. The molecule has 104 valence electrons. The van der Waals surface area contributed by atoms with E-state index in [1.807, 2.05) is 6.20 Å². The highest BCUT2D eigenvalue weighted by atomic mass is 79.9. The Morgan fingerprint density at radius 1 is 1.42 bits per heavy atom. The monoisotopic (exact) mass is 341 g/mol. The number of hydrogen-bond acceptors (Lipinski definition) is 3. The quantitative estimate of drug-likeness (QED) is 0.817. The first-order chi connectivity index (χ1) is 9.27. The van der Waals surface area contributed by atoms with E-state index in [4.69, 9.17) is 0 Å². The van der Waals surface area contributed by atoms with Crippen molar-refractivity contribution in [1.29, 1.82) is 0 Å². The molecule has 0 radical (unpaired) electrons. The van der Waals surface area contributed by atoms with Crippen LogP contribution in [0.3, 0.4) is 0 Å². The molecule has 2 aromatic rings. The second-order valence-electron chi connectivity index (χ2n) is 4.50. The first-order valence-corrected chi connectivity index (χ1v) is 8.43. The maximum absolute atomic E-state index is 4.48. The van der Waals surface area contributed by atoms with Gasteiger partial charge in [-0.05, 0) is 46.8 Å². The summed E-state index contributed by atoms with van der Waals surface area (Å²) >= 11 is 5.44. The van der Waals surface area contributed by atoms with Crippen molar-refractivity contribution in [2.24, 2.45) is 0 Å². The fourth-order valence-electron chi connectivity index (χ4n) is 2.13. The van der Waals surface area contributed by atoms with E-state index in [9.17, 15) is 0 Å². The normalized spacial score (nSPS) is 12.8. The lowest BCUT2D eigenvalue weighted by Crippen LogP contribution is -2.25. The molecule has 0 aliphatic carbocycles. The Hall–Kier alpha value is -0.650. The lowest BCUT2D eigenvalue weighted by Gasteiger charge is -2.19. The van der Waals surface area contributed by atoms with Gasteiger partial charge in [0.05, 0.1) is 22.4 Å². The van der Waals surface area contributed by atoms with Crippen LogP contribution in [-0.4, -0.2) is 16.3 Å². The first kappa shape index (κ1) is 14.8. The number of nitrogens with zero attached hydrogens (tertiary/aromatic N) is 2. The number of rotatable bonds is 7. The molecule has 0 bridgehead atoms. The van der Waals surface area contributed by atoms with Crippen LogP contribution in [0.25, 0.3) is 0 Å². The van der Waals surface area contributed by atoms with Gasteiger partial charge < -0.3 is 5.32 Å². The highest BCUT2D eigenvalue weighted by Gasteiger charge is 2.21. The minimum absolute atomic E-state index is 0.225. The molecule has 0 aliphatic heterocycles. The van der Waals surface area contributed by atoms with Gasteiger partial charge in [-0.15, -0.1) is 11.3 Å². The van der Waals surface area contributed by atoms with Crippen molar-refractivity contribution in [1.82, 2.24) is 15.1 Å². The van der Waals surface area contributed by atoms with Crippen LogP contribution in [0.4, 0.5) is 0 Å². The lowest BCUT2D eigenvalue weighted by molar-refractivity contribution is 0.514. The summed E-state index contributed by atoms with van der Waals surface area (Å²) in [4.78, 5) is 1.34. The van der Waals surface area contributed by atoms with Crippen molar-refractivity contribution < 1.29 is 0 Å². The van der Waals surface area contributed by atoms with E-state index in [0.29, 0.717) is 0 Å². The molecule has 1 N–H and O–H groups in total. The molecule has 5 heteroatoms. The second-order valence-corrected chi connectivity index (χ2v) is 6.34. The smallest absolute Gasteiger partial charge is 0.0853 e. The zero-order chi connectivity index (χ0) is 13.7. The first-order valence-electron chi connectivity index (χ1n) is 6.75. The third-order valence-corrected chi connectivity index (χ3v) is 4.52. The Balaban J connectivity index is 2.34. The Morgan fingerprint density at radius 3 is 2.89 bits per heavy atom. The highest BCUT2D eigenvalue weighted by molar-refractivity contribution is 9.10. The highest BCUT2D eigenvalue weighted by Crippen LogP contribution is 2.31. The summed E-state index contributed by atoms with van der Waals surface area (Å²) in [5.41, 5.74) is 1.23. The van der Waals surface area contributed by atoms with Gasteiger partial charge >= 0.3 is 0 Å². The van der Waals surface area contributed by atoms with Gasteiger partial charge in [0.15, 0.2) is 0 Å². The van der Waals surface area contributed by atoms with Crippen molar-refractivity contribution in [2.45, 2.75) is 39.3 Å². The number of hydrogen-bond donors (Lipinski definition) is 1. The second kappa shape index (κ2) is 7.22. The van der Waals surface area contributed by atoms with Crippen molar-refractivity contribution in [3.05, 3.63) is 38.8 Å². The fourth-order valence-corrected chi connectivity index (χ4v) is 3.45. The Morgan fingerprint density at radius 2 is 2.26 bits per heavy atom. The zero-order valence-electron chi connectivity index (χ0n) is 11.4. The van der Waals surface area contributed by atoms with E-state index in [1.165, 1.54) is 10.6 Å². The average Bonchev–Trinajstić information content (AvgIpc) is 3.03. The lowest BCUT2D eigenvalue weighted by atomic mass is 10.1. The molecule has 0 spiro atoms. The number of halogens is 1. The molecule has 19 heavy (non-hydrogen) atoms. The molecule has 0 aromatic carbocycles. The molecular formula is C14H20BrN3S. The standard InChI is InChI=1S/C14H20BrN3S/c1-3-7-16-13(12-6-5-9-19-12)14-11(15)10-17-18(14)8-4-2/h5-6,9-10,13,16H,3-4,7-8H2,1-2H3. The Bertz CT molecular complexity index is 493. The summed E-state index contributed by atoms with van der Waals surface area (Å²) in [5, 5.41) is 10.2. The molecule has 1 unspecified atom stereocenters. The number of nitrogens with one attached hydrogen (secondary N) is 1. The zero-order valence-corrected chi connectivity index (χ0v) is 13.8. The summed E-state index contributed by atoms with van der Waals surface area (Å²) in [5.74, 6) is 0. The molecule has 2 aromatic heterocycles. The maximum Gasteiger partial charge on any atom is 0.0853 e. The fraction of sp³-hybridized carbons (Fsp3) is 0.500. The minimum Gasteiger partial charge on any atom is -0.304 e. The summed E-state index contributed by atoms with van der Waals surface area (Å²) < 4.78 is 3.19. The SMILES string of the molecule is CCCNC(c1cccs1)c1c(Br)cnn1CCC. The van der Waals surface area contributed by atoms with Gasteiger partial charge in [0.25, 0.3) is 0 Å². The summed E-state index contributed by atoms with van der Waals surface area (Å²) in [6.07, 6.45) is 4.12. The predicted octanol–water partition coefficient (Wildman–Crippen LogP) is 4.21. The van der Waals surface area contributed by atoms with E-state index < -0.39 is 0 Å². The van der Waals surface area contributed by atoms with E-state index >= 15 is 0 Å². The van der Waals surface area contributed by atoms with Crippen LogP contribution >= 0.6 is 27.3 Å². The van der Waals surface area contributed by atoms with Crippen LogP contribution in [0.1, 0.15) is 43.3 Å². The predicted molar refractivity (Wildman–Crippen MR) is 84.7 cm³/mol. The summed E-state index contributed by atoms with van der Waals surface area (Å²) in [6.45, 7) is 6.33. The Kier molecular flexibility index (Phi) is 5.60. The third-order valence-electron chi connectivity index (χ3n) is 2.97. The van der Waals surface area contributed by atoms with E-state index in [-0.39, 0.29) is 6.04 Å². The largest absolute Gasteiger partial charge is 0.304 e. The summed E-state index contributed by atoms with van der Waals surface area (Å²) in [6, 6.07) is 4.52. The van der Waals surface area contributed by atoms with Gasteiger partial charge in [-0.1, -0.05) is 19.9 Å². The molecule has 2 heterocycles. The molecule has 0 saturated heterocycles. The minimum atomic E-state index is 0.225. The number of aromatic nitrogens is 2. The van der Waals surface area contributed by atoms with Gasteiger partial charge in [0.1, 0.15) is 0 Å². The van der Waals surface area contributed by atoms with Crippen LogP contribution in [0.2, 0.25) is 0 Å². The van der Waals surface area contributed by atoms with Crippen LogP contribution in [-0.2, 0) is 6.54 Å². The van der Waals surface area contributed by atoms with Gasteiger partial charge in [-0.3, -0.25) is 4.68 Å². The van der Waals surface area contributed by atoms with E-state index in [1.54, 1.807) is 11.3 Å². The van der Waals surface area contributed by atoms with Crippen LogP contribution < -0.4 is 5.32 Å². The molecule has 0 fully saturated rings.